The number of hydrogen-bond donors (Lipinski definition) is 3. The Morgan fingerprint density at radius 1 is 1.50 bits per heavy atom. The molecule has 0 radical (unpaired) electrons. The van der Waals surface area contributed by atoms with E-state index in [9.17, 15) is 9.59 Å². The number of carbonyl (C=O) groups excluding carboxylic acids is 1. The Morgan fingerprint density at radius 2 is 2.30 bits per heavy atom. The largest absolute Gasteiger partial charge is 0.475 e. The summed E-state index contributed by atoms with van der Waals surface area (Å²) >= 11 is 0. The Morgan fingerprint density at radius 3 is 2.95 bits per heavy atom. The first-order chi connectivity index (χ1) is 9.54. The topological polar surface area (TPSA) is 126 Å². The summed E-state index contributed by atoms with van der Waals surface area (Å²) in [5.74, 6) is -1.78. The van der Waals surface area contributed by atoms with E-state index in [0.717, 1.165) is 0 Å². The highest BCUT2D eigenvalue weighted by Gasteiger charge is 2.18. The number of nitrogens with zero attached hydrogens (tertiary/aromatic N) is 3. The van der Waals surface area contributed by atoms with E-state index in [1.807, 2.05) is 0 Å². The fourth-order valence-corrected chi connectivity index (χ4v) is 1.71. The zero-order valence-electron chi connectivity index (χ0n) is 10.2. The van der Waals surface area contributed by atoms with E-state index in [2.05, 4.69) is 20.6 Å². The van der Waals surface area contributed by atoms with Crippen LogP contribution in [-0.4, -0.2) is 37.0 Å². The third-order valence-electron chi connectivity index (χ3n) is 2.62. The van der Waals surface area contributed by atoms with Crippen LogP contribution in [0.2, 0.25) is 0 Å². The average Bonchev–Trinajstić information content (AvgIpc) is 3.05. The molecule has 0 atom stereocenters. The molecule has 0 fully saturated rings. The number of aromatic carboxylic acids is 1. The van der Waals surface area contributed by atoms with Crippen molar-refractivity contribution in [3.05, 3.63) is 29.8 Å². The van der Waals surface area contributed by atoms with Crippen LogP contribution in [-0.2, 0) is 7.05 Å². The summed E-state index contributed by atoms with van der Waals surface area (Å²) in [5.41, 5.74) is 0.777. The minimum Gasteiger partial charge on any atom is -0.475 e. The first-order valence-corrected chi connectivity index (χ1v) is 5.57. The number of aromatic nitrogens is 4. The number of H-pyrrole nitrogens is 1. The van der Waals surface area contributed by atoms with Crippen LogP contribution < -0.4 is 5.32 Å². The highest BCUT2D eigenvalue weighted by Crippen LogP contribution is 2.24. The minimum absolute atomic E-state index is 0.114. The molecule has 3 aromatic rings. The van der Waals surface area contributed by atoms with Gasteiger partial charge in [0.1, 0.15) is 5.52 Å². The van der Waals surface area contributed by atoms with Gasteiger partial charge in [-0.25, -0.2) is 4.79 Å². The molecule has 0 bridgehead atoms. The van der Waals surface area contributed by atoms with E-state index in [-0.39, 0.29) is 22.9 Å². The molecule has 3 rings (SSSR count). The SMILES string of the molecule is Cn1ccc(C(=O)Nc2n[nH]c3cc(C(=O)O)oc23)n1. The van der Waals surface area contributed by atoms with E-state index < -0.39 is 11.9 Å². The number of carboxylic acids is 1. The summed E-state index contributed by atoms with van der Waals surface area (Å²) in [7, 11) is 1.69. The van der Waals surface area contributed by atoms with Gasteiger partial charge in [-0.15, -0.1) is 0 Å². The second-order valence-electron chi connectivity index (χ2n) is 4.06. The van der Waals surface area contributed by atoms with Gasteiger partial charge in [0.2, 0.25) is 5.76 Å². The van der Waals surface area contributed by atoms with Crippen LogP contribution in [0.3, 0.4) is 0 Å². The van der Waals surface area contributed by atoms with E-state index in [1.54, 1.807) is 19.3 Å². The molecule has 0 spiro atoms. The van der Waals surface area contributed by atoms with Gasteiger partial charge in [-0.05, 0) is 6.07 Å². The third kappa shape index (κ3) is 1.90. The number of nitrogens with one attached hydrogen (secondary N) is 2. The van der Waals surface area contributed by atoms with Gasteiger partial charge in [-0.1, -0.05) is 0 Å². The third-order valence-corrected chi connectivity index (χ3v) is 2.62. The first kappa shape index (κ1) is 12.0. The number of carboxylic acid groups (broad SMARTS) is 1. The van der Waals surface area contributed by atoms with Crippen molar-refractivity contribution in [1.29, 1.82) is 0 Å². The lowest BCUT2D eigenvalue weighted by atomic mass is 10.4. The monoisotopic (exact) mass is 275 g/mol. The molecule has 0 aliphatic carbocycles. The fourth-order valence-electron chi connectivity index (χ4n) is 1.71. The van der Waals surface area contributed by atoms with Gasteiger partial charge in [-0.2, -0.15) is 10.2 Å². The molecule has 1 amide bonds. The Labute approximate surface area is 111 Å². The number of furan rings is 1. The van der Waals surface area contributed by atoms with Crippen molar-refractivity contribution in [1.82, 2.24) is 20.0 Å². The predicted octanol–water partition coefficient (Wildman–Crippen LogP) is 0.840. The van der Waals surface area contributed by atoms with Gasteiger partial charge >= 0.3 is 5.97 Å². The quantitative estimate of drug-likeness (QED) is 0.650. The van der Waals surface area contributed by atoms with Crippen LogP contribution in [0.15, 0.2) is 22.7 Å². The number of carbonyl (C=O) groups is 2. The predicted molar refractivity (Wildman–Crippen MR) is 66.5 cm³/mol. The highest BCUT2D eigenvalue weighted by atomic mass is 16.4. The molecule has 0 aliphatic rings. The molecule has 0 saturated carbocycles. The Bertz CT molecular complexity index is 812. The summed E-state index contributed by atoms with van der Waals surface area (Å²) in [5, 5.41) is 21.7. The Hall–Kier alpha value is -3.10. The maximum absolute atomic E-state index is 11.9. The van der Waals surface area contributed by atoms with E-state index in [4.69, 9.17) is 9.52 Å². The molecule has 0 aromatic carbocycles. The van der Waals surface area contributed by atoms with Crippen molar-refractivity contribution in [2.24, 2.45) is 7.05 Å². The van der Waals surface area contributed by atoms with Gasteiger partial charge in [0.15, 0.2) is 17.1 Å². The van der Waals surface area contributed by atoms with Gasteiger partial charge in [-0.3, -0.25) is 14.6 Å². The molecule has 0 aliphatic heterocycles. The first-order valence-electron chi connectivity index (χ1n) is 5.57. The zero-order valence-corrected chi connectivity index (χ0v) is 10.2. The summed E-state index contributed by atoms with van der Waals surface area (Å²) in [4.78, 5) is 22.7. The second-order valence-corrected chi connectivity index (χ2v) is 4.06. The lowest BCUT2D eigenvalue weighted by molar-refractivity contribution is 0.0665. The summed E-state index contributed by atoms with van der Waals surface area (Å²) in [6.45, 7) is 0. The van der Waals surface area contributed by atoms with Crippen molar-refractivity contribution in [2.45, 2.75) is 0 Å². The number of fused-ring (bicyclic) bond motifs is 1. The number of aromatic amines is 1. The molecule has 20 heavy (non-hydrogen) atoms. The van der Waals surface area contributed by atoms with Crippen molar-refractivity contribution in [3.63, 3.8) is 0 Å². The van der Waals surface area contributed by atoms with Crippen LogP contribution in [0.25, 0.3) is 11.1 Å². The van der Waals surface area contributed by atoms with E-state index in [1.165, 1.54) is 10.7 Å². The van der Waals surface area contributed by atoms with Crippen LogP contribution in [0.4, 0.5) is 5.82 Å². The molecular formula is C11H9N5O4. The van der Waals surface area contributed by atoms with Gasteiger partial charge in [0, 0.05) is 19.3 Å². The van der Waals surface area contributed by atoms with Crippen LogP contribution in [0.1, 0.15) is 21.0 Å². The normalized spacial score (nSPS) is 10.8. The maximum atomic E-state index is 11.9. The Balaban J connectivity index is 1.90. The summed E-state index contributed by atoms with van der Waals surface area (Å²) in [6.07, 6.45) is 1.63. The molecule has 3 N–H and O–H groups in total. The summed E-state index contributed by atoms with van der Waals surface area (Å²) in [6, 6.07) is 2.84. The number of hydrogen-bond acceptors (Lipinski definition) is 5. The number of anilines is 1. The second kappa shape index (κ2) is 4.23. The molecule has 3 aromatic heterocycles. The van der Waals surface area contributed by atoms with E-state index in [0.29, 0.717) is 5.52 Å². The molecule has 102 valence electrons. The van der Waals surface area contributed by atoms with Crippen molar-refractivity contribution in [2.75, 3.05) is 5.32 Å². The van der Waals surface area contributed by atoms with Crippen molar-refractivity contribution < 1.29 is 19.1 Å². The van der Waals surface area contributed by atoms with Crippen molar-refractivity contribution >= 4 is 28.8 Å². The smallest absolute Gasteiger partial charge is 0.371 e. The van der Waals surface area contributed by atoms with Crippen LogP contribution >= 0.6 is 0 Å². The molecule has 0 unspecified atom stereocenters. The lowest BCUT2D eigenvalue weighted by Crippen LogP contribution is -2.13. The highest BCUT2D eigenvalue weighted by molar-refractivity contribution is 6.06. The number of rotatable bonds is 3. The minimum atomic E-state index is -1.20. The standard InChI is InChI=1S/C11H9N5O4/c1-16-3-2-5(15-16)10(17)12-9-8-6(13-14-9)4-7(20-8)11(18)19/h2-4H,1H3,(H,18,19)(H2,12,13,14,17). The number of amides is 1. The molecule has 9 heteroatoms. The lowest BCUT2D eigenvalue weighted by Gasteiger charge is -1.97. The molecule has 9 nitrogen and oxygen atoms in total. The molecule has 3 heterocycles. The average molecular weight is 275 g/mol. The van der Waals surface area contributed by atoms with Gasteiger partial charge in [0.25, 0.3) is 5.91 Å². The zero-order chi connectivity index (χ0) is 14.3. The summed E-state index contributed by atoms with van der Waals surface area (Å²) < 4.78 is 6.60. The Kier molecular flexibility index (Phi) is 2.53. The van der Waals surface area contributed by atoms with Crippen molar-refractivity contribution in [3.8, 4) is 0 Å². The van der Waals surface area contributed by atoms with Crippen LogP contribution in [0, 0.1) is 0 Å². The molecular weight excluding hydrogens is 266 g/mol. The maximum Gasteiger partial charge on any atom is 0.371 e. The van der Waals surface area contributed by atoms with Crippen LogP contribution in [0.5, 0.6) is 0 Å². The fraction of sp³-hybridized carbons (Fsp3) is 0.0909. The van der Waals surface area contributed by atoms with E-state index >= 15 is 0 Å². The number of aryl methyl sites for hydroxylation is 1. The van der Waals surface area contributed by atoms with Gasteiger partial charge in [0.05, 0.1) is 0 Å². The van der Waals surface area contributed by atoms with Gasteiger partial charge < -0.3 is 14.8 Å². The molecule has 0 saturated heterocycles.